The maximum atomic E-state index is 6.30. The average molecular weight is 399 g/mol. The van der Waals surface area contributed by atoms with Crippen LogP contribution in [0.1, 0.15) is 16.8 Å². The summed E-state index contributed by atoms with van der Waals surface area (Å²) in [6.07, 6.45) is 4.17. The highest BCUT2D eigenvalue weighted by molar-refractivity contribution is 6.30. The first-order valence-electron chi connectivity index (χ1n) is 9.64. The first-order chi connectivity index (χ1) is 13.7. The van der Waals surface area contributed by atoms with Gasteiger partial charge < -0.3 is 13.9 Å². The summed E-state index contributed by atoms with van der Waals surface area (Å²) in [5.74, 6) is 0.947. The van der Waals surface area contributed by atoms with E-state index < -0.39 is 0 Å². The van der Waals surface area contributed by atoms with Gasteiger partial charge in [0, 0.05) is 67.8 Å². The Balaban J connectivity index is 1.21. The number of hydrogen-bond donors (Lipinski definition) is 0. The fourth-order valence-electron chi connectivity index (χ4n) is 4.01. The zero-order valence-electron chi connectivity index (χ0n) is 15.7. The topological polar surface area (TPSA) is 42.2 Å². The highest BCUT2D eigenvalue weighted by atomic mass is 35.5. The van der Waals surface area contributed by atoms with Crippen LogP contribution in [0.3, 0.4) is 0 Å². The standard InChI is InChI=1S/C21H23ClN4O2/c22-18-9-16(21-17(10-18)14-27-15-28-21)11-24-5-7-25(8-6-24)12-19-13-26-4-2-1-3-20(26)23-19/h1-4,9-10,13H,5-8,11-12,14-15H2. The van der Waals surface area contributed by atoms with Gasteiger partial charge in [-0.2, -0.15) is 0 Å². The molecule has 0 N–H and O–H groups in total. The minimum Gasteiger partial charge on any atom is -0.467 e. The molecule has 0 amide bonds. The van der Waals surface area contributed by atoms with E-state index in [4.69, 9.17) is 26.1 Å². The highest BCUT2D eigenvalue weighted by Gasteiger charge is 2.22. The maximum absolute atomic E-state index is 6.30. The van der Waals surface area contributed by atoms with Gasteiger partial charge in [0.2, 0.25) is 0 Å². The molecule has 3 aromatic rings. The molecule has 28 heavy (non-hydrogen) atoms. The number of piperazine rings is 1. The molecule has 0 saturated carbocycles. The Morgan fingerprint density at radius 1 is 1.04 bits per heavy atom. The summed E-state index contributed by atoms with van der Waals surface area (Å²) in [4.78, 5) is 9.65. The van der Waals surface area contributed by atoms with Gasteiger partial charge >= 0.3 is 0 Å². The van der Waals surface area contributed by atoms with E-state index in [1.165, 1.54) is 0 Å². The quantitative estimate of drug-likeness (QED) is 0.675. The third kappa shape index (κ3) is 3.73. The lowest BCUT2D eigenvalue weighted by molar-refractivity contribution is -0.0176. The Hall–Kier alpha value is -2.12. The summed E-state index contributed by atoms with van der Waals surface area (Å²) >= 11 is 6.30. The second-order valence-corrected chi connectivity index (χ2v) is 7.85. The molecule has 1 aromatic carbocycles. The number of imidazole rings is 1. The lowest BCUT2D eigenvalue weighted by Crippen LogP contribution is -2.45. The summed E-state index contributed by atoms with van der Waals surface area (Å²) in [5, 5.41) is 0.744. The minimum atomic E-state index is 0.314. The van der Waals surface area contributed by atoms with Crippen LogP contribution in [-0.2, 0) is 24.4 Å². The average Bonchev–Trinajstić information content (AvgIpc) is 3.11. The van der Waals surface area contributed by atoms with Crippen LogP contribution >= 0.6 is 11.6 Å². The van der Waals surface area contributed by atoms with Gasteiger partial charge in [0.15, 0.2) is 6.79 Å². The van der Waals surface area contributed by atoms with Crippen LogP contribution in [0.25, 0.3) is 5.65 Å². The Bertz CT molecular complexity index is 949. The van der Waals surface area contributed by atoms with Crippen LogP contribution in [-0.4, -0.2) is 52.2 Å². The van der Waals surface area contributed by atoms with Gasteiger partial charge in [0.25, 0.3) is 0 Å². The van der Waals surface area contributed by atoms with E-state index >= 15 is 0 Å². The molecule has 0 radical (unpaired) electrons. The van der Waals surface area contributed by atoms with Crippen molar-refractivity contribution in [2.75, 3.05) is 33.0 Å². The van der Waals surface area contributed by atoms with Gasteiger partial charge in [0.1, 0.15) is 11.4 Å². The molecule has 0 unspecified atom stereocenters. The van der Waals surface area contributed by atoms with Crippen molar-refractivity contribution in [3.05, 3.63) is 64.6 Å². The molecule has 5 rings (SSSR count). The first kappa shape index (κ1) is 17.9. The van der Waals surface area contributed by atoms with E-state index in [1.807, 2.05) is 36.5 Å². The van der Waals surface area contributed by atoms with E-state index in [0.29, 0.717) is 13.4 Å². The Morgan fingerprint density at radius 3 is 2.68 bits per heavy atom. The monoisotopic (exact) mass is 398 g/mol. The number of benzene rings is 1. The molecule has 0 atom stereocenters. The van der Waals surface area contributed by atoms with Crippen LogP contribution in [0, 0.1) is 0 Å². The zero-order chi connectivity index (χ0) is 18.9. The van der Waals surface area contributed by atoms with Crippen molar-refractivity contribution in [1.29, 1.82) is 0 Å². The molecule has 146 valence electrons. The van der Waals surface area contributed by atoms with Gasteiger partial charge in [-0.25, -0.2) is 4.98 Å². The van der Waals surface area contributed by atoms with Gasteiger partial charge in [-0.05, 0) is 24.3 Å². The van der Waals surface area contributed by atoms with Crippen molar-refractivity contribution >= 4 is 17.2 Å². The Labute approximate surface area is 169 Å². The second kappa shape index (κ2) is 7.72. The molecule has 0 spiro atoms. The minimum absolute atomic E-state index is 0.314. The molecule has 4 heterocycles. The number of halogens is 1. The van der Waals surface area contributed by atoms with E-state index in [0.717, 1.165) is 72.5 Å². The van der Waals surface area contributed by atoms with Crippen molar-refractivity contribution in [3.8, 4) is 5.75 Å². The molecule has 2 aromatic heterocycles. The molecular weight excluding hydrogens is 376 g/mol. The number of fused-ring (bicyclic) bond motifs is 2. The molecule has 0 aliphatic carbocycles. The number of aromatic nitrogens is 2. The summed E-state index contributed by atoms with van der Waals surface area (Å²) in [6, 6.07) is 10.1. The van der Waals surface area contributed by atoms with Crippen LogP contribution < -0.4 is 4.74 Å². The van der Waals surface area contributed by atoms with E-state index in [2.05, 4.69) is 20.4 Å². The normalized spacial score (nSPS) is 18.2. The predicted molar refractivity (Wildman–Crippen MR) is 107 cm³/mol. The SMILES string of the molecule is Clc1cc2c(c(CN3CCN(Cc4cn5ccccc5n4)CC3)c1)OCOC2. The summed E-state index contributed by atoms with van der Waals surface area (Å²) in [5.41, 5.74) is 4.32. The van der Waals surface area contributed by atoms with Gasteiger partial charge in [-0.1, -0.05) is 17.7 Å². The van der Waals surface area contributed by atoms with Crippen molar-refractivity contribution in [3.63, 3.8) is 0 Å². The summed E-state index contributed by atoms with van der Waals surface area (Å²) < 4.78 is 13.2. The van der Waals surface area contributed by atoms with Crippen LogP contribution in [0.5, 0.6) is 5.75 Å². The van der Waals surface area contributed by atoms with Crippen LogP contribution in [0.15, 0.2) is 42.7 Å². The molecule has 1 saturated heterocycles. The predicted octanol–water partition coefficient (Wildman–Crippen LogP) is 3.17. The Morgan fingerprint density at radius 2 is 1.86 bits per heavy atom. The molecule has 2 aliphatic rings. The first-order valence-corrected chi connectivity index (χ1v) is 10.0. The summed E-state index contributed by atoms with van der Waals surface area (Å²) in [7, 11) is 0. The third-order valence-corrected chi connectivity index (χ3v) is 5.63. The van der Waals surface area contributed by atoms with E-state index in [-0.39, 0.29) is 0 Å². The second-order valence-electron chi connectivity index (χ2n) is 7.41. The van der Waals surface area contributed by atoms with E-state index in [1.54, 1.807) is 0 Å². The molecule has 1 fully saturated rings. The lowest BCUT2D eigenvalue weighted by Gasteiger charge is -2.35. The number of nitrogens with zero attached hydrogens (tertiary/aromatic N) is 4. The van der Waals surface area contributed by atoms with Gasteiger partial charge in [-0.3, -0.25) is 9.80 Å². The Kier molecular flexibility index (Phi) is 4.94. The van der Waals surface area contributed by atoms with Gasteiger partial charge in [0.05, 0.1) is 12.3 Å². The fourth-order valence-corrected chi connectivity index (χ4v) is 4.28. The number of ether oxygens (including phenoxy) is 2. The summed E-state index contributed by atoms with van der Waals surface area (Å²) in [6.45, 7) is 6.72. The van der Waals surface area contributed by atoms with Crippen molar-refractivity contribution in [1.82, 2.24) is 19.2 Å². The van der Waals surface area contributed by atoms with Crippen molar-refractivity contribution < 1.29 is 9.47 Å². The fraction of sp³-hybridized carbons (Fsp3) is 0.381. The smallest absolute Gasteiger partial charge is 0.189 e. The molecule has 0 bridgehead atoms. The lowest BCUT2D eigenvalue weighted by atomic mass is 10.1. The molecular formula is C21H23ClN4O2. The van der Waals surface area contributed by atoms with Crippen molar-refractivity contribution in [2.24, 2.45) is 0 Å². The number of pyridine rings is 1. The third-order valence-electron chi connectivity index (χ3n) is 5.41. The molecule has 2 aliphatic heterocycles. The van der Waals surface area contributed by atoms with Gasteiger partial charge in [-0.15, -0.1) is 0 Å². The van der Waals surface area contributed by atoms with Crippen LogP contribution in [0.2, 0.25) is 5.02 Å². The number of rotatable bonds is 4. The van der Waals surface area contributed by atoms with Crippen LogP contribution in [0.4, 0.5) is 0 Å². The van der Waals surface area contributed by atoms with Crippen molar-refractivity contribution in [2.45, 2.75) is 19.7 Å². The largest absolute Gasteiger partial charge is 0.467 e. The molecule has 7 heteroatoms. The van der Waals surface area contributed by atoms with E-state index in [9.17, 15) is 0 Å². The molecule has 6 nitrogen and oxygen atoms in total. The highest BCUT2D eigenvalue weighted by Crippen LogP contribution is 2.32. The zero-order valence-corrected chi connectivity index (χ0v) is 16.4. The number of hydrogen-bond acceptors (Lipinski definition) is 5. The maximum Gasteiger partial charge on any atom is 0.189 e.